The number of carbonyl (C=O) groups is 1. The lowest BCUT2D eigenvalue weighted by molar-refractivity contribution is -0.124. The van der Waals surface area contributed by atoms with Crippen molar-refractivity contribution in [2.24, 2.45) is 11.8 Å². The van der Waals surface area contributed by atoms with Crippen LogP contribution in [0.4, 0.5) is 0 Å². The molecule has 2 aromatic rings. The molecule has 1 fully saturated rings. The van der Waals surface area contributed by atoms with Crippen molar-refractivity contribution in [1.82, 2.24) is 15.3 Å². The summed E-state index contributed by atoms with van der Waals surface area (Å²) in [5.74, 6) is 1.69. The molecule has 4 rings (SSSR count). The van der Waals surface area contributed by atoms with Crippen molar-refractivity contribution in [3.8, 4) is 5.88 Å². The summed E-state index contributed by atoms with van der Waals surface area (Å²) in [4.78, 5) is 23.6. The quantitative estimate of drug-likeness (QED) is 0.883. The fourth-order valence-corrected chi connectivity index (χ4v) is 5.56. The van der Waals surface area contributed by atoms with Crippen molar-refractivity contribution < 1.29 is 9.53 Å². The Morgan fingerprint density at radius 2 is 2.08 bits per heavy atom. The van der Waals surface area contributed by atoms with Gasteiger partial charge in [0.15, 0.2) is 6.61 Å². The topological polar surface area (TPSA) is 64.1 Å². The zero-order valence-corrected chi connectivity index (χ0v) is 16.4. The number of nitrogens with zero attached hydrogens (tertiary/aromatic N) is 2. The average Bonchev–Trinajstić information content (AvgIpc) is 3.03. The molecule has 2 aliphatic carbocycles. The second kappa shape index (κ2) is 7.51. The van der Waals surface area contributed by atoms with E-state index < -0.39 is 0 Å². The molecule has 0 unspecified atom stereocenters. The lowest BCUT2D eigenvalue weighted by Crippen LogP contribution is -2.45. The van der Waals surface area contributed by atoms with Gasteiger partial charge >= 0.3 is 0 Å². The van der Waals surface area contributed by atoms with Crippen LogP contribution in [-0.2, 0) is 17.6 Å². The largest absolute Gasteiger partial charge is 0.467 e. The Balaban J connectivity index is 1.44. The van der Waals surface area contributed by atoms with Gasteiger partial charge in [-0.05, 0) is 49.5 Å². The first-order chi connectivity index (χ1) is 12.6. The van der Waals surface area contributed by atoms with Crippen LogP contribution in [0, 0.1) is 11.8 Å². The summed E-state index contributed by atoms with van der Waals surface area (Å²) in [6.07, 6.45) is 9.67. The number of aromatic nitrogens is 2. The molecule has 1 saturated carbocycles. The lowest BCUT2D eigenvalue weighted by Gasteiger charge is -2.34. The van der Waals surface area contributed by atoms with Crippen LogP contribution in [0.1, 0.15) is 56.4 Å². The van der Waals surface area contributed by atoms with E-state index in [4.69, 9.17) is 4.74 Å². The highest BCUT2D eigenvalue weighted by Crippen LogP contribution is 2.38. The lowest BCUT2D eigenvalue weighted by atomic mass is 9.78. The van der Waals surface area contributed by atoms with E-state index in [2.05, 4.69) is 29.1 Å². The van der Waals surface area contributed by atoms with Gasteiger partial charge in [-0.15, -0.1) is 11.3 Å². The van der Waals surface area contributed by atoms with Crippen LogP contribution < -0.4 is 10.1 Å². The van der Waals surface area contributed by atoms with Crippen LogP contribution in [0.2, 0.25) is 0 Å². The Morgan fingerprint density at radius 1 is 1.23 bits per heavy atom. The summed E-state index contributed by atoms with van der Waals surface area (Å²) in [6, 6.07) is 0.258. The van der Waals surface area contributed by atoms with Crippen LogP contribution in [0.15, 0.2) is 6.33 Å². The maximum Gasteiger partial charge on any atom is 0.258 e. The molecule has 1 N–H and O–H groups in total. The van der Waals surface area contributed by atoms with E-state index in [1.165, 1.54) is 36.1 Å². The zero-order chi connectivity index (χ0) is 18.1. The first-order valence-electron chi connectivity index (χ1n) is 9.81. The molecule has 2 heterocycles. The number of hydrogen-bond donors (Lipinski definition) is 1. The summed E-state index contributed by atoms with van der Waals surface area (Å²) in [6.45, 7) is 4.53. The highest BCUT2D eigenvalue weighted by atomic mass is 32.1. The van der Waals surface area contributed by atoms with E-state index in [0.29, 0.717) is 17.7 Å². The van der Waals surface area contributed by atoms with Gasteiger partial charge in [0.05, 0.1) is 5.39 Å². The normalized spacial score (nSPS) is 25.7. The number of fused-ring (bicyclic) bond motifs is 3. The third kappa shape index (κ3) is 3.43. The van der Waals surface area contributed by atoms with E-state index in [1.807, 2.05) is 0 Å². The molecule has 5 nitrogen and oxygen atoms in total. The Bertz CT molecular complexity index is 804. The number of aryl methyl sites for hydroxylation is 2. The number of amides is 1. The number of thiophene rings is 1. The maximum atomic E-state index is 12.4. The highest BCUT2D eigenvalue weighted by Gasteiger charge is 2.28. The van der Waals surface area contributed by atoms with E-state index in [-0.39, 0.29) is 18.6 Å². The van der Waals surface area contributed by atoms with E-state index >= 15 is 0 Å². The summed E-state index contributed by atoms with van der Waals surface area (Å²) >= 11 is 1.75. The van der Waals surface area contributed by atoms with Crippen molar-refractivity contribution in [2.75, 3.05) is 6.61 Å². The third-order valence-electron chi connectivity index (χ3n) is 6.11. The van der Waals surface area contributed by atoms with Gasteiger partial charge in [0, 0.05) is 10.9 Å². The minimum Gasteiger partial charge on any atom is -0.467 e. The smallest absolute Gasteiger partial charge is 0.258 e. The molecule has 0 spiro atoms. The molecular weight excluding hydrogens is 346 g/mol. The maximum absolute atomic E-state index is 12.4. The summed E-state index contributed by atoms with van der Waals surface area (Å²) in [5.41, 5.74) is 1.34. The fourth-order valence-electron chi connectivity index (χ4n) is 4.34. The van der Waals surface area contributed by atoms with Crippen LogP contribution in [0.25, 0.3) is 10.2 Å². The number of hydrogen-bond acceptors (Lipinski definition) is 5. The molecule has 6 heteroatoms. The van der Waals surface area contributed by atoms with Crippen LogP contribution in [0.5, 0.6) is 5.88 Å². The van der Waals surface area contributed by atoms with E-state index in [1.54, 1.807) is 17.7 Å². The van der Waals surface area contributed by atoms with Gasteiger partial charge in [-0.2, -0.15) is 0 Å². The van der Waals surface area contributed by atoms with E-state index in [0.717, 1.165) is 29.5 Å². The molecular formula is C20H27N3O2S. The summed E-state index contributed by atoms with van der Waals surface area (Å²) < 4.78 is 5.85. The molecule has 2 aromatic heterocycles. The predicted octanol–water partition coefficient (Wildman–Crippen LogP) is 3.89. The molecule has 0 aromatic carbocycles. The molecule has 0 bridgehead atoms. The fraction of sp³-hybridized carbons (Fsp3) is 0.650. The molecule has 3 atom stereocenters. The minimum absolute atomic E-state index is 0.0222. The average molecular weight is 374 g/mol. The van der Waals surface area contributed by atoms with Gasteiger partial charge in [0.2, 0.25) is 5.88 Å². The second-order valence-electron chi connectivity index (χ2n) is 7.80. The van der Waals surface area contributed by atoms with Gasteiger partial charge < -0.3 is 10.1 Å². The molecule has 140 valence electrons. The highest BCUT2D eigenvalue weighted by molar-refractivity contribution is 7.18. The van der Waals surface area contributed by atoms with Gasteiger partial charge in [0.1, 0.15) is 11.2 Å². The SMILES string of the molecule is C[C@H]1[C@H](C)CCC[C@@H]1NC(=O)COc1ncnc2sc3c(c12)CCCC3. The number of ether oxygens (including phenoxy) is 1. The number of nitrogens with one attached hydrogen (secondary N) is 1. The molecule has 0 saturated heterocycles. The predicted molar refractivity (Wildman–Crippen MR) is 104 cm³/mol. The monoisotopic (exact) mass is 373 g/mol. The van der Waals surface area contributed by atoms with Gasteiger partial charge in [-0.3, -0.25) is 4.79 Å². The van der Waals surface area contributed by atoms with Gasteiger partial charge in [-0.25, -0.2) is 9.97 Å². The van der Waals surface area contributed by atoms with Crippen molar-refractivity contribution in [2.45, 2.75) is 64.8 Å². The van der Waals surface area contributed by atoms with Crippen LogP contribution >= 0.6 is 11.3 Å². The zero-order valence-electron chi connectivity index (χ0n) is 15.6. The number of carbonyl (C=O) groups excluding carboxylic acids is 1. The second-order valence-corrected chi connectivity index (χ2v) is 8.88. The minimum atomic E-state index is -0.0493. The standard InChI is InChI=1S/C20H27N3O2S/c1-12-6-5-8-15(13(12)2)23-17(24)10-25-19-18-14-7-3-4-9-16(14)26-20(18)22-11-21-19/h11-13,15H,3-10H2,1-2H3,(H,23,24)/t12-,13+,15+/m1/s1. The van der Waals surface area contributed by atoms with Crippen LogP contribution in [-0.4, -0.2) is 28.5 Å². The molecule has 0 aliphatic heterocycles. The van der Waals surface area contributed by atoms with Gasteiger partial charge in [0.25, 0.3) is 5.91 Å². The Labute approximate surface area is 158 Å². The van der Waals surface area contributed by atoms with E-state index in [9.17, 15) is 4.79 Å². The first-order valence-corrected chi connectivity index (χ1v) is 10.6. The Morgan fingerprint density at radius 3 is 2.96 bits per heavy atom. The van der Waals surface area contributed by atoms with Crippen molar-refractivity contribution in [3.63, 3.8) is 0 Å². The summed E-state index contributed by atoms with van der Waals surface area (Å²) in [7, 11) is 0. The van der Waals surface area contributed by atoms with Crippen molar-refractivity contribution >= 4 is 27.5 Å². The Kier molecular flexibility index (Phi) is 5.11. The third-order valence-corrected chi connectivity index (χ3v) is 7.31. The molecule has 0 radical (unpaired) electrons. The molecule has 1 amide bonds. The first kappa shape index (κ1) is 17.7. The van der Waals surface area contributed by atoms with Crippen molar-refractivity contribution in [3.05, 3.63) is 16.8 Å². The van der Waals surface area contributed by atoms with Crippen LogP contribution in [0.3, 0.4) is 0 Å². The van der Waals surface area contributed by atoms with Crippen molar-refractivity contribution in [1.29, 1.82) is 0 Å². The molecule has 26 heavy (non-hydrogen) atoms. The molecule has 2 aliphatic rings. The summed E-state index contributed by atoms with van der Waals surface area (Å²) in [5, 5.41) is 4.20. The number of rotatable bonds is 4. The van der Waals surface area contributed by atoms with Gasteiger partial charge in [-0.1, -0.05) is 26.7 Å². The Hall–Kier alpha value is -1.69.